The molecule has 0 amide bonds. The summed E-state index contributed by atoms with van der Waals surface area (Å²) >= 11 is 5.92. The lowest BCUT2D eigenvalue weighted by Gasteiger charge is -2.02. The molecule has 0 fully saturated rings. The molecule has 0 saturated carbocycles. The van der Waals surface area contributed by atoms with Gasteiger partial charge in [0.1, 0.15) is 5.69 Å². The van der Waals surface area contributed by atoms with E-state index in [1.807, 2.05) is 55.7 Å². The summed E-state index contributed by atoms with van der Waals surface area (Å²) in [5.74, 6) is 0. The third-order valence-corrected chi connectivity index (χ3v) is 3.14. The molecule has 19 heavy (non-hydrogen) atoms. The fourth-order valence-electron chi connectivity index (χ4n) is 2.02. The number of nitrogens with zero attached hydrogens (tertiary/aromatic N) is 3. The zero-order valence-corrected chi connectivity index (χ0v) is 11.2. The highest BCUT2D eigenvalue weighted by Crippen LogP contribution is 2.30. The number of rotatable bonds is 2. The van der Waals surface area contributed by atoms with Gasteiger partial charge in [-0.3, -0.25) is 9.67 Å². The Bertz CT molecular complexity index is 687. The van der Waals surface area contributed by atoms with Crippen molar-refractivity contribution in [2.45, 2.75) is 0 Å². The van der Waals surface area contributed by atoms with Gasteiger partial charge in [-0.15, -0.1) is 0 Å². The van der Waals surface area contributed by atoms with E-state index in [2.05, 4.69) is 10.1 Å². The predicted molar refractivity (Wildman–Crippen MR) is 76.9 cm³/mol. The Kier molecular flexibility index (Phi) is 3.05. The van der Waals surface area contributed by atoms with Gasteiger partial charge in [-0.05, 0) is 24.3 Å². The van der Waals surface area contributed by atoms with Gasteiger partial charge < -0.3 is 0 Å². The SMILES string of the molecule is Cn1cc(-c2ccccn2)c(-c2ccc(Cl)cc2)n1. The van der Waals surface area contributed by atoms with Gasteiger partial charge in [0.2, 0.25) is 0 Å². The minimum Gasteiger partial charge on any atom is -0.274 e. The second-order valence-electron chi connectivity index (χ2n) is 4.29. The fourth-order valence-corrected chi connectivity index (χ4v) is 2.14. The van der Waals surface area contributed by atoms with E-state index in [9.17, 15) is 0 Å². The molecule has 0 atom stereocenters. The summed E-state index contributed by atoms with van der Waals surface area (Å²) in [5, 5.41) is 5.24. The van der Waals surface area contributed by atoms with Crippen LogP contribution in [-0.4, -0.2) is 14.8 Å². The predicted octanol–water partition coefficient (Wildman–Crippen LogP) is 3.80. The third kappa shape index (κ3) is 2.37. The molecule has 94 valence electrons. The van der Waals surface area contributed by atoms with Crippen molar-refractivity contribution < 1.29 is 0 Å². The van der Waals surface area contributed by atoms with Crippen molar-refractivity contribution in [3.63, 3.8) is 0 Å². The number of hydrogen-bond acceptors (Lipinski definition) is 2. The molecular weight excluding hydrogens is 258 g/mol. The molecule has 0 bridgehead atoms. The van der Waals surface area contributed by atoms with E-state index in [1.165, 1.54) is 0 Å². The van der Waals surface area contributed by atoms with Gasteiger partial charge in [0.05, 0.1) is 5.69 Å². The van der Waals surface area contributed by atoms with Gasteiger partial charge >= 0.3 is 0 Å². The first kappa shape index (κ1) is 11.9. The molecule has 0 spiro atoms. The molecular formula is C15H12ClN3. The van der Waals surface area contributed by atoms with Crippen LogP contribution in [0.1, 0.15) is 0 Å². The second kappa shape index (κ2) is 4.86. The number of halogens is 1. The van der Waals surface area contributed by atoms with Gasteiger partial charge in [0.15, 0.2) is 0 Å². The van der Waals surface area contributed by atoms with Crippen LogP contribution >= 0.6 is 11.6 Å². The first-order valence-corrected chi connectivity index (χ1v) is 6.33. The number of pyridine rings is 1. The number of benzene rings is 1. The van der Waals surface area contributed by atoms with Crippen molar-refractivity contribution in [2.24, 2.45) is 7.05 Å². The lowest BCUT2D eigenvalue weighted by Crippen LogP contribution is -1.87. The van der Waals surface area contributed by atoms with Crippen LogP contribution in [0.3, 0.4) is 0 Å². The summed E-state index contributed by atoms with van der Waals surface area (Å²) in [6.07, 6.45) is 3.76. The zero-order chi connectivity index (χ0) is 13.2. The molecule has 0 N–H and O–H groups in total. The standard InChI is InChI=1S/C15H12ClN3/c1-19-10-13(14-4-2-3-9-17-14)15(18-19)11-5-7-12(16)8-6-11/h2-10H,1H3. The minimum absolute atomic E-state index is 0.721. The highest BCUT2D eigenvalue weighted by Gasteiger charge is 2.12. The van der Waals surface area contributed by atoms with Gasteiger partial charge in [-0.1, -0.05) is 29.8 Å². The molecule has 2 heterocycles. The molecule has 3 nitrogen and oxygen atoms in total. The maximum Gasteiger partial charge on any atom is 0.102 e. The van der Waals surface area contributed by atoms with Crippen molar-refractivity contribution in [1.29, 1.82) is 0 Å². The Hall–Kier alpha value is -2.13. The van der Waals surface area contributed by atoms with E-state index in [-0.39, 0.29) is 0 Å². The highest BCUT2D eigenvalue weighted by molar-refractivity contribution is 6.30. The second-order valence-corrected chi connectivity index (χ2v) is 4.72. The summed E-state index contributed by atoms with van der Waals surface area (Å²) in [5.41, 5.74) is 3.88. The van der Waals surface area contributed by atoms with Crippen LogP contribution in [0.15, 0.2) is 54.9 Å². The van der Waals surface area contributed by atoms with Crippen LogP contribution in [-0.2, 0) is 7.05 Å². The van der Waals surface area contributed by atoms with Crippen LogP contribution < -0.4 is 0 Å². The van der Waals surface area contributed by atoms with Crippen molar-refractivity contribution in [2.75, 3.05) is 0 Å². The monoisotopic (exact) mass is 269 g/mol. The average molecular weight is 270 g/mol. The van der Waals surface area contributed by atoms with Crippen LogP contribution in [0.25, 0.3) is 22.5 Å². The number of aromatic nitrogens is 3. The molecule has 0 saturated heterocycles. The molecule has 1 aromatic carbocycles. The van der Waals surface area contributed by atoms with Gasteiger partial charge in [-0.2, -0.15) is 5.10 Å². The Morgan fingerprint density at radius 1 is 1.05 bits per heavy atom. The largest absolute Gasteiger partial charge is 0.274 e. The van der Waals surface area contributed by atoms with Gasteiger partial charge in [0.25, 0.3) is 0 Å². The number of aryl methyl sites for hydroxylation is 1. The first-order chi connectivity index (χ1) is 9.24. The van der Waals surface area contributed by atoms with Gasteiger partial charge in [-0.25, -0.2) is 0 Å². The lowest BCUT2D eigenvalue weighted by atomic mass is 10.1. The maximum absolute atomic E-state index is 5.92. The maximum atomic E-state index is 5.92. The Morgan fingerprint density at radius 2 is 1.84 bits per heavy atom. The molecule has 0 aliphatic carbocycles. The zero-order valence-electron chi connectivity index (χ0n) is 10.4. The summed E-state index contributed by atoms with van der Waals surface area (Å²) < 4.78 is 1.80. The Balaban J connectivity index is 2.15. The molecule has 3 rings (SSSR count). The molecule has 0 aliphatic heterocycles. The topological polar surface area (TPSA) is 30.7 Å². The van der Waals surface area contributed by atoms with Crippen molar-refractivity contribution in [1.82, 2.24) is 14.8 Å². The smallest absolute Gasteiger partial charge is 0.102 e. The molecule has 0 unspecified atom stereocenters. The summed E-state index contributed by atoms with van der Waals surface area (Å²) in [4.78, 5) is 4.39. The summed E-state index contributed by atoms with van der Waals surface area (Å²) in [6.45, 7) is 0. The average Bonchev–Trinajstić information content (AvgIpc) is 2.83. The molecule has 2 aromatic heterocycles. The lowest BCUT2D eigenvalue weighted by molar-refractivity contribution is 0.771. The Morgan fingerprint density at radius 3 is 2.53 bits per heavy atom. The van der Waals surface area contributed by atoms with Crippen molar-refractivity contribution in [3.05, 3.63) is 59.9 Å². The van der Waals surface area contributed by atoms with Crippen molar-refractivity contribution in [3.8, 4) is 22.5 Å². The van der Waals surface area contributed by atoms with Crippen LogP contribution in [0.2, 0.25) is 5.02 Å². The van der Waals surface area contributed by atoms with Gasteiger partial charge in [0, 0.05) is 35.6 Å². The van der Waals surface area contributed by atoms with E-state index in [4.69, 9.17) is 11.6 Å². The van der Waals surface area contributed by atoms with Crippen LogP contribution in [0, 0.1) is 0 Å². The van der Waals surface area contributed by atoms with E-state index in [0.29, 0.717) is 0 Å². The molecule has 0 aliphatic rings. The summed E-state index contributed by atoms with van der Waals surface area (Å²) in [7, 11) is 1.91. The summed E-state index contributed by atoms with van der Waals surface area (Å²) in [6, 6.07) is 13.5. The third-order valence-electron chi connectivity index (χ3n) is 2.89. The highest BCUT2D eigenvalue weighted by atomic mass is 35.5. The Labute approximate surface area is 116 Å². The van der Waals surface area contributed by atoms with Crippen LogP contribution in [0.4, 0.5) is 0 Å². The van der Waals surface area contributed by atoms with Crippen molar-refractivity contribution >= 4 is 11.6 Å². The normalized spacial score (nSPS) is 10.6. The van der Waals surface area contributed by atoms with E-state index >= 15 is 0 Å². The number of hydrogen-bond donors (Lipinski definition) is 0. The molecule has 0 radical (unpaired) electrons. The van der Waals surface area contributed by atoms with E-state index in [1.54, 1.807) is 10.9 Å². The molecule has 4 heteroatoms. The van der Waals surface area contributed by atoms with Crippen LogP contribution in [0.5, 0.6) is 0 Å². The quantitative estimate of drug-likeness (QED) is 0.708. The fraction of sp³-hybridized carbons (Fsp3) is 0.0667. The minimum atomic E-state index is 0.721. The molecule has 3 aromatic rings. The first-order valence-electron chi connectivity index (χ1n) is 5.95. The van der Waals surface area contributed by atoms with E-state index < -0.39 is 0 Å². The van der Waals surface area contributed by atoms with E-state index in [0.717, 1.165) is 27.5 Å².